The van der Waals surface area contributed by atoms with Crippen LogP contribution in [0.15, 0.2) is 23.1 Å². The van der Waals surface area contributed by atoms with E-state index in [1.807, 2.05) is 6.92 Å². The monoisotopic (exact) mass is 313 g/mol. The average Bonchev–Trinajstić information content (AvgIpc) is 2.46. The number of carbonyl (C=O) groups is 1. The molecule has 0 spiro atoms. The van der Waals surface area contributed by atoms with Gasteiger partial charge in [-0.3, -0.25) is 4.79 Å². The summed E-state index contributed by atoms with van der Waals surface area (Å²) in [6.45, 7) is 3.82. The van der Waals surface area contributed by atoms with Gasteiger partial charge < -0.3 is 11.1 Å². The number of anilines is 1. The lowest BCUT2D eigenvalue weighted by molar-refractivity contribution is -0.117. The van der Waals surface area contributed by atoms with E-state index in [1.54, 1.807) is 13.0 Å². The van der Waals surface area contributed by atoms with Crippen molar-refractivity contribution in [3.63, 3.8) is 0 Å². The predicted octanol–water partition coefficient (Wildman–Crippen LogP) is 1.36. The van der Waals surface area contributed by atoms with Crippen molar-refractivity contribution in [2.24, 2.45) is 5.73 Å². The maximum Gasteiger partial charge on any atom is 0.241 e. The molecule has 1 unspecified atom stereocenters. The van der Waals surface area contributed by atoms with Crippen LogP contribution >= 0.6 is 0 Å². The van der Waals surface area contributed by atoms with Gasteiger partial charge in [0.2, 0.25) is 15.9 Å². The Bertz CT molecular complexity index is 599. The summed E-state index contributed by atoms with van der Waals surface area (Å²) >= 11 is 0. The van der Waals surface area contributed by atoms with Crippen LogP contribution in [0.3, 0.4) is 0 Å². The van der Waals surface area contributed by atoms with Crippen LogP contribution in [-0.4, -0.2) is 27.4 Å². The van der Waals surface area contributed by atoms with Crippen LogP contribution in [0.25, 0.3) is 0 Å². The van der Waals surface area contributed by atoms with E-state index in [0.717, 1.165) is 18.4 Å². The molecule has 0 saturated carbocycles. The van der Waals surface area contributed by atoms with Gasteiger partial charge in [0, 0.05) is 5.69 Å². The molecule has 0 aliphatic rings. The molecule has 0 aromatic heterocycles. The maximum atomic E-state index is 12.0. The Morgan fingerprint density at radius 1 is 1.38 bits per heavy atom. The first kappa shape index (κ1) is 17.6. The molecule has 0 saturated heterocycles. The molecule has 0 fully saturated rings. The van der Waals surface area contributed by atoms with Gasteiger partial charge in [-0.1, -0.05) is 25.8 Å². The number of nitrogens with two attached hydrogens (primary N) is 1. The highest BCUT2D eigenvalue weighted by Gasteiger charge is 2.17. The standard InChI is InChI=1S/C14H23N3O3S/c1-4-5-6-12(15)14(18)17-13-9-11(8-7-10(13)2)21(19,20)16-3/h7-9,12,16H,4-6,15H2,1-3H3,(H,17,18). The Hall–Kier alpha value is -1.44. The number of hydrogen-bond acceptors (Lipinski definition) is 4. The second kappa shape index (κ2) is 7.53. The molecule has 0 radical (unpaired) electrons. The van der Waals surface area contributed by atoms with Crippen molar-refractivity contribution in [2.45, 2.75) is 44.0 Å². The molecular weight excluding hydrogens is 290 g/mol. The fraction of sp³-hybridized carbons (Fsp3) is 0.500. The van der Waals surface area contributed by atoms with Crippen LogP contribution in [0.5, 0.6) is 0 Å². The number of hydrogen-bond donors (Lipinski definition) is 3. The van der Waals surface area contributed by atoms with Crippen LogP contribution < -0.4 is 15.8 Å². The number of carbonyl (C=O) groups excluding carboxylic acids is 1. The van der Waals surface area contributed by atoms with Crippen molar-refractivity contribution in [1.29, 1.82) is 0 Å². The zero-order valence-electron chi connectivity index (χ0n) is 12.6. The minimum absolute atomic E-state index is 0.105. The molecule has 1 rings (SSSR count). The maximum absolute atomic E-state index is 12.0. The molecule has 118 valence electrons. The lowest BCUT2D eigenvalue weighted by Gasteiger charge is -2.14. The van der Waals surface area contributed by atoms with E-state index in [2.05, 4.69) is 10.0 Å². The van der Waals surface area contributed by atoms with E-state index >= 15 is 0 Å². The zero-order valence-corrected chi connectivity index (χ0v) is 13.5. The van der Waals surface area contributed by atoms with Crippen molar-refractivity contribution in [1.82, 2.24) is 4.72 Å². The minimum Gasteiger partial charge on any atom is -0.324 e. The Balaban J connectivity index is 2.93. The van der Waals surface area contributed by atoms with E-state index < -0.39 is 16.1 Å². The molecular formula is C14H23N3O3S. The van der Waals surface area contributed by atoms with Crippen molar-refractivity contribution in [2.75, 3.05) is 12.4 Å². The molecule has 1 atom stereocenters. The summed E-state index contributed by atoms with van der Waals surface area (Å²) in [5, 5.41) is 2.70. The van der Waals surface area contributed by atoms with Crippen molar-refractivity contribution >= 4 is 21.6 Å². The lowest BCUT2D eigenvalue weighted by atomic mass is 10.1. The summed E-state index contributed by atoms with van der Waals surface area (Å²) in [4.78, 5) is 12.1. The minimum atomic E-state index is -3.54. The third kappa shape index (κ3) is 4.80. The molecule has 0 heterocycles. The second-order valence-electron chi connectivity index (χ2n) is 4.92. The van der Waals surface area contributed by atoms with E-state index in [9.17, 15) is 13.2 Å². The quantitative estimate of drug-likeness (QED) is 0.707. The van der Waals surface area contributed by atoms with E-state index in [0.29, 0.717) is 12.1 Å². The Labute approximate surface area is 126 Å². The summed E-state index contributed by atoms with van der Waals surface area (Å²) in [6, 6.07) is 3.99. The van der Waals surface area contributed by atoms with Gasteiger partial charge in [0.1, 0.15) is 0 Å². The van der Waals surface area contributed by atoms with Crippen molar-refractivity contribution in [3.8, 4) is 0 Å². The van der Waals surface area contributed by atoms with Gasteiger partial charge in [-0.2, -0.15) is 0 Å². The van der Waals surface area contributed by atoms with Gasteiger partial charge in [0.15, 0.2) is 0 Å². The van der Waals surface area contributed by atoms with Crippen molar-refractivity contribution in [3.05, 3.63) is 23.8 Å². The lowest BCUT2D eigenvalue weighted by Crippen LogP contribution is -2.35. The zero-order chi connectivity index (χ0) is 16.0. The molecule has 7 heteroatoms. The average molecular weight is 313 g/mol. The fourth-order valence-electron chi connectivity index (χ4n) is 1.80. The predicted molar refractivity (Wildman–Crippen MR) is 83.6 cm³/mol. The number of unbranched alkanes of at least 4 members (excludes halogenated alkanes) is 1. The molecule has 1 aromatic rings. The summed E-state index contributed by atoms with van der Waals surface area (Å²) in [6.07, 6.45) is 2.45. The highest BCUT2D eigenvalue weighted by molar-refractivity contribution is 7.89. The number of sulfonamides is 1. The summed E-state index contributed by atoms with van der Waals surface area (Å²) < 4.78 is 25.8. The van der Waals surface area contributed by atoms with E-state index in [-0.39, 0.29) is 10.8 Å². The van der Waals surface area contributed by atoms with Crippen LogP contribution in [0.4, 0.5) is 5.69 Å². The van der Waals surface area contributed by atoms with Crippen molar-refractivity contribution < 1.29 is 13.2 Å². The third-order valence-electron chi connectivity index (χ3n) is 3.25. The smallest absolute Gasteiger partial charge is 0.241 e. The first-order valence-electron chi connectivity index (χ1n) is 6.92. The normalized spacial score (nSPS) is 13.0. The Kier molecular flexibility index (Phi) is 6.32. The molecule has 4 N–H and O–H groups in total. The highest BCUT2D eigenvalue weighted by Crippen LogP contribution is 2.20. The molecule has 6 nitrogen and oxygen atoms in total. The number of benzene rings is 1. The van der Waals surface area contributed by atoms with Crippen LogP contribution in [0.2, 0.25) is 0 Å². The molecule has 1 aromatic carbocycles. The van der Waals surface area contributed by atoms with Gasteiger partial charge >= 0.3 is 0 Å². The van der Waals surface area contributed by atoms with Gasteiger partial charge in [-0.25, -0.2) is 13.1 Å². The molecule has 21 heavy (non-hydrogen) atoms. The second-order valence-corrected chi connectivity index (χ2v) is 6.81. The van der Waals surface area contributed by atoms with Gasteiger partial charge in [0.05, 0.1) is 10.9 Å². The van der Waals surface area contributed by atoms with Gasteiger partial charge in [-0.15, -0.1) is 0 Å². The van der Waals surface area contributed by atoms with Crippen LogP contribution in [0.1, 0.15) is 31.7 Å². The van der Waals surface area contributed by atoms with E-state index in [4.69, 9.17) is 5.73 Å². The summed E-state index contributed by atoms with van der Waals surface area (Å²) in [5.41, 5.74) is 7.05. The first-order chi connectivity index (χ1) is 9.81. The SMILES string of the molecule is CCCCC(N)C(=O)Nc1cc(S(=O)(=O)NC)ccc1C. The summed E-state index contributed by atoms with van der Waals surface area (Å²) in [5.74, 6) is -0.300. The number of aryl methyl sites for hydroxylation is 1. The van der Waals surface area contributed by atoms with E-state index in [1.165, 1.54) is 19.2 Å². The van der Waals surface area contributed by atoms with Crippen LogP contribution in [0, 0.1) is 6.92 Å². The first-order valence-corrected chi connectivity index (χ1v) is 8.40. The van der Waals surface area contributed by atoms with Gasteiger partial charge in [-0.05, 0) is 38.1 Å². The fourth-order valence-corrected chi connectivity index (χ4v) is 2.56. The molecule has 0 bridgehead atoms. The van der Waals surface area contributed by atoms with Gasteiger partial charge in [0.25, 0.3) is 0 Å². The summed E-state index contributed by atoms with van der Waals surface area (Å²) in [7, 11) is -2.20. The number of amides is 1. The van der Waals surface area contributed by atoms with Crippen LogP contribution in [-0.2, 0) is 14.8 Å². The largest absolute Gasteiger partial charge is 0.324 e. The molecule has 0 aliphatic heterocycles. The topological polar surface area (TPSA) is 101 Å². The third-order valence-corrected chi connectivity index (χ3v) is 4.66. The molecule has 0 aliphatic carbocycles. The Morgan fingerprint density at radius 2 is 2.05 bits per heavy atom. The number of nitrogens with one attached hydrogen (secondary N) is 2. The molecule has 1 amide bonds. The Morgan fingerprint density at radius 3 is 2.62 bits per heavy atom. The highest BCUT2D eigenvalue weighted by atomic mass is 32.2. The number of rotatable bonds is 7.